The van der Waals surface area contributed by atoms with E-state index in [0.717, 1.165) is 21.8 Å². The number of carbonyl (C=O) groups is 3. The Bertz CT molecular complexity index is 1070. The molecule has 8 heteroatoms. The van der Waals surface area contributed by atoms with Gasteiger partial charge in [0.1, 0.15) is 17.8 Å². The van der Waals surface area contributed by atoms with E-state index in [4.69, 9.17) is 0 Å². The molecular weight excluding hydrogens is 372 g/mol. The van der Waals surface area contributed by atoms with Gasteiger partial charge in [-0.15, -0.1) is 0 Å². The third-order valence-electron chi connectivity index (χ3n) is 5.14. The van der Waals surface area contributed by atoms with Crippen molar-refractivity contribution < 1.29 is 19.5 Å². The highest BCUT2D eigenvalue weighted by molar-refractivity contribution is 6.09. The highest BCUT2D eigenvalue weighted by Gasteiger charge is 2.28. The molecule has 1 aromatic carbocycles. The first-order valence-electron chi connectivity index (χ1n) is 9.52. The molecular formula is C21H24N4O4. The van der Waals surface area contributed by atoms with Gasteiger partial charge in [-0.1, -0.05) is 38.5 Å². The van der Waals surface area contributed by atoms with Gasteiger partial charge >= 0.3 is 5.97 Å². The average Bonchev–Trinajstić information content (AvgIpc) is 3.08. The van der Waals surface area contributed by atoms with Gasteiger partial charge in [-0.2, -0.15) is 0 Å². The largest absolute Gasteiger partial charge is 0.480 e. The zero-order valence-electron chi connectivity index (χ0n) is 16.5. The summed E-state index contributed by atoms with van der Waals surface area (Å²) in [5.74, 6) is -2.39. The fourth-order valence-corrected chi connectivity index (χ4v) is 3.17. The van der Waals surface area contributed by atoms with Gasteiger partial charge in [0.2, 0.25) is 5.91 Å². The number of amides is 2. The minimum Gasteiger partial charge on any atom is -0.480 e. The first-order chi connectivity index (χ1) is 13.8. The second-order valence-electron chi connectivity index (χ2n) is 7.19. The molecule has 0 spiro atoms. The minimum atomic E-state index is -1.10. The van der Waals surface area contributed by atoms with Gasteiger partial charge in [0.25, 0.3) is 5.91 Å². The molecule has 0 saturated heterocycles. The van der Waals surface area contributed by atoms with Crippen molar-refractivity contribution in [1.82, 2.24) is 20.6 Å². The number of hydrogen-bond acceptors (Lipinski definition) is 4. The summed E-state index contributed by atoms with van der Waals surface area (Å²) in [5.41, 5.74) is 1.93. The number of pyridine rings is 1. The summed E-state index contributed by atoms with van der Waals surface area (Å²) in [6, 6.07) is 7.49. The van der Waals surface area contributed by atoms with E-state index in [1.807, 2.05) is 31.2 Å². The van der Waals surface area contributed by atoms with E-state index in [9.17, 15) is 19.5 Å². The van der Waals surface area contributed by atoms with Crippen LogP contribution in [0.25, 0.3) is 21.8 Å². The van der Waals surface area contributed by atoms with Gasteiger partial charge in [0.15, 0.2) is 0 Å². The van der Waals surface area contributed by atoms with Gasteiger partial charge in [-0.25, -0.2) is 9.78 Å². The summed E-state index contributed by atoms with van der Waals surface area (Å²) in [6.45, 7) is 5.11. The number of H-pyrrole nitrogens is 1. The first-order valence-corrected chi connectivity index (χ1v) is 9.52. The number of nitrogens with zero attached hydrogens (tertiary/aromatic N) is 1. The van der Waals surface area contributed by atoms with Crippen molar-refractivity contribution in [3.8, 4) is 0 Å². The lowest BCUT2D eigenvalue weighted by Gasteiger charge is -2.22. The number of carboxylic acid groups (broad SMARTS) is 1. The Morgan fingerprint density at radius 2 is 1.83 bits per heavy atom. The number of carboxylic acids is 1. The van der Waals surface area contributed by atoms with Crippen LogP contribution in [-0.2, 0) is 9.59 Å². The van der Waals surface area contributed by atoms with Crippen LogP contribution in [0.3, 0.4) is 0 Å². The molecule has 0 saturated carbocycles. The van der Waals surface area contributed by atoms with Gasteiger partial charge < -0.3 is 20.7 Å². The lowest BCUT2D eigenvalue weighted by atomic mass is 9.99. The topological polar surface area (TPSA) is 124 Å². The Kier molecular flexibility index (Phi) is 5.81. The molecule has 0 aliphatic rings. The van der Waals surface area contributed by atoms with E-state index >= 15 is 0 Å². The molecule has 0 aliphatic carbocycles. The normalized spacial score (nSPS) is 14.3. The van der Waals surface area contributed by atoms with Gasteiger partial charge in [-0.3, -0.25) is 9.59 Å². The summed E-state index contributed by atoms with van der Waals surface area (Å²) >= 11 is 0. The van der Waals surface area contributed by atoms with Crippen LogP contribution in [0.1, 0.15) is 37.7 Å². The predicted octanol–water partition coefficient (Wildman–Crippen LogP) is 2.45. The van der Waals surface area contributed by atoms with E-state index in [1.54, 1.807) is 19.2 Å². The third-order valence-corrected chi connectivity index (χ3v) is 5.14. The predicted molar refractivity (Wildman–Crippen MR) is 110 cm³/mol. The fraction of sp³-hybridized carbons (Fsp3) is 0.333. The molecule has 4 N–H and O–H groups in total. The van der Waals surface area contributed by atoms with E-state index in [1.165, 1.54) is 6.92 Å². The summed E-state index contributed by atoms with van der Waals surface area (Å²) < 4.78 is 0. The number of benzene rings is 1. The molecule has 0 fully saturated rings. The van der Waals surface area contributed by atoms with Crippen LogP contribution in [0.2, 0.25) is 0 Å². The van der Waals surface area contributed by atoms with E-state index < -0.39 is 29.9 Å². The van der Waals surface area contributed by atoms with Gasteiger partial charge in [0.05, 0.1) is 11.7 Å². The van der Waals surface area contributed by atoms with Crippen LogP contribution in [-0.4, -0.2) is 44.9 Å². The number of fused-ring (bicyclic) bond motifs is 3. The lowest BCUT2D eigenvalue weighted by Crippen LogP contribution is -2.52. The van der Waals surface area contributed by atoms with Crippen molar-refractivity contribution >= 4 is 39.6 Å². The van der Waals surface area contributed by atoms with Crippen LogP contribution in [0.4, 0.5) is 0 Å². The Balaban J connectivity index is 1.74. The van der Waals surface area contributed by atoms with Crippen LogP contribution < -0.4 is 10.6 Å². The van der Waals surface area contributed by atoms with Crippen molar-refractivity contribution in [2.45, 2.75) is 39.3 Å². The quantitative estimate of drug-likeness (QED) is 0.488. The van der Waals surface area contributed by atoms with Gasteiger partial charge in [-0.05, 0) is 25.0 Å². The number of hydrogen-bond donors (Lipinski definition) is 4. The SMILES string of the molecule is CCC(C)C(NC(=O)C(C)NC(=O)c1cc2c(cn1)[nH]c1ccccc12)C(=O)O. The second-order valence-corrected chi connectivity index (χ2v) is 7.19. The molecule has 3 unspecified atom stereocenters. The van der Waals surface area contributed by atoms with Crippen molar-refractivity contribution in [3.63, 3.8) is 0 Å². The smallest absolute Gasteiger partial charge is 0.326 e. The highest BCUT2D eigenvalue weighted by atomic mass is 16.4. The van der Waals surface area contributed by atoms with Crippen molar-refractivity contribution in [1.29, 1.82) is 0 Å². The fourth-order valence-electron chi connectivity index (χ4n) is 3.17. The zero-order chi connectivity index (χ0) is 21.1. The van der Waals surface area contributed by atoms with E-state index in [2.05, 4.69) is 20.6 Å². The second kappa shape index (κ2) is 8.30. The number of aromatic nitrogens is 2. The molecule has 8 nitrogen and oxygen atoms in total. The van der Waals surface area contributed by atoms with E-state index in [-0.39, 0.29) is 11.6 Å². The monoisotopic (exact) mass is 396 g/mol. The average molecular weight is 396 g/mol. The number of nitrogens with one attached hydrogen (secondary N) is 3. The number of carbonyl (C=O) groups excluding carboxylic acids is 2. The van der Waals surface area contributed by atoms with Crippen molar-refractivity contribution in [2.24, 2.45) is 5.92 Å². The molecule has 2 aromatic heterocycles. The molecule has 29 heavy (non-hydrogen) atoms. The lowest BCUT2D eigenvalue weighted by molar-refractivity contribution is -0.143. The van der Waals surface area contributed by atoms with Crippen LogP contribution in [0.15, 0.2) is 36.5 Å². The zero-order valence-corrected chi connectivity index (χ0v) is 16.5. The molecule has 2 amide bonds. The molecule has 3 rings (SSSR count). The molecule has 3 atom stereocenters. The van der Waals surface area contributed by atoms with Crippen molar-refractivity contribution in [3.05, 3.63) is 42.2 Å². The number of aliphatic carboxylic acids is 1. The Labute approximate surface area is 167 Å². The number of para-hydroxylation sites is 1. The van der Waals surface area contributed by atoms with E-state index in [0.29, 0.717) is 6.42 Å². The number of aromatic amines is 1. The third kappa shape index (κ3) is 4.21. The Hall–Kier alpha value is -3.42. The molecule has 0 radical (unpaired) electrons. The standard InChI is InChI=1S/C21H24N4O4/c1-4-11(2)18(21(28)29)25-19(26)12(3)23-20(27)16-9-14-13-7-5-6-8-15(13)24-17(14)10-22-16/h5-12,18,24H,4H2,1-3H3,(H,23,27)(H,25,26)(H,28,29). The maximum Gasteiger partial charge on any atom is 0.326 e. The molecule has 2 heterocycles. The van der Waals surface area contributed by atoms with Crippen molar-refractivity contribution in [2.75, 3.05) is 0 Å². The van der Waals surface area contributed by atoms with Gasteiger partial charge in [0, 0.05) is 16.3 Å². The van der Waals surface area contributed by atoms with Crippen LogP contribution >= 0.6 is 0 Å². The summed E-state index contributed by atoms with van der Waals surface area (Å²) in [5, 5.41) is 16.2. The molecule has 3 aromatic rings. The number of rotatable bonds is 7. The minimum absolute atomic E-state index is 0.179. The molecule has 0 bridgehead atoms. The summed E-state index contributed by atoms with van der Waals surface area (Å²) in [6.07, 6.45) is 2.19. The summed E-state index contributed by atoms with van der Waals surface area (Å²) in [7, 11) is 0. The maximum absolute atomic E-state index is 12.6. The highest BCUT2D eigenvalue weighted by Crippen LogP contribution is 2.25. The Morgan fingerprint density at radius 3 is 2.52 bits per heavy atom. The summed E-state index contributed by atoms with van der Waals surface area (Å²) in [4.78, 5) is 43.8. The maximum atomic E-state index is 12.6. The molecule has 0 aliphatic heterocycles. The van der Waals surface area contributed by atoms with Crippen LogP contribution in [0, 0.1) is 5.92 Å². The van der Waals surface area contributed by atoms with Crippen LogP contribution in [0.5, 0.6) is 0 Å². The molecule has 152 valence electrons. The first kappa shape index (κ1) is 20.3. The Morgan fingerprint density at radius 1 is 1.10 bits per heavy atom.